The van der Waals surface area contributed by atoms with Crippen LogP contribution in [-0.4, -0.2) is 15.6 Å². The summed E-state index contributed by atoms with van der Waals surface area (Å²) < 4.78 is 2.25. The molecule has 2 aromatic rings. The fourth-order valence-electron chi connectivity index (χ4n) is 1.62. The van der Waals surface area contributed by atoms with Gasteiger partial charge in [-0.05, 0) is 46.6 Å². The quantitative estimate of drug-likeness (QED) is 0.683. The largest absolute Gasteiger partial charge is 0.399 e. The molecule has 0 fully saturated rings. The lowest BCUT2D eigenvalue weighted by molar-refractivity contribution is 0.102. The SMILES string of the molecule is Cc1cc(C(=O)c2c(Br)cnn2C)ccc1N. The van der Waals surface area contributed by atoms with Gasteiger partial charge in [0.15, 0.2) is 0 Å². The summed E-state index contributed by atoms with van der Waals surface area (Å²) in [5.41, 5.74) is 8.46. The number of halogens is 1. The first-order valence-electron chi connectivity index (χ1n) is 5.09. The summed E-state index contributed by atoms with van der Waals surface area (Å²) in [4.78, 5) is 12.3. The van der Waals surface area contributed by atoms with Gasteiger partial charge in [-0.2, -0.15) is 5.10 Å². The molecule has 88 valence electrons. The molecule has 0 bridgehead atoms. The number of aryl methyl sites for hydroxylation is 2. The Balaban J connectivity index is 2.48. The number of anilines is 1. The zero-order chi connectivity index (χ0) is 12.6. The highest BCUT2D eigenvalue weighted by molar-refractivity contribution is 9.10. The first-order chi connectivity index (χ1) is 8.00. The Kier molecular flexibility index (Phi) is 3.02. The minimum Gasteiger partial charge on any atom is -0.399 e. The molecule has 0 atom stereocenters. The molecular formula is C12H12BrN3O. The number of aromatic nitrogens is 2. The van der Waals surface area contributed by atoms with E-state index in [-0.39, 0.29) is 5.78 Å². The van der Waals surface area contributed by atoms with E-state index in [0.29, 0.717) is 21.4 Å². The molecule has 0 unspecified atom stereocenters. The third kappa shape index (κ3) is 2.10. The van der Waals surface area contributed by atoms with E-state index in [1.165, 1.54) is 0 Å². The van der Waals surface area contributed by atoms with Gasteiger partial charge in [-0.15, -0.1) is 0 Å². The Hall–Kier alpha value is -1.62. The van der Waals surface area contributed by atoms with Crippen LogP contribution < -0.4 is 5.73 Å². The molecule has 4 nitrogen and oxygen atoms in total. The Morgan fingerprint density at radius 2 is 2.18 bits per heavy atom. The molecule has 0 saturated carbocycles. The van der Waals surface area contributed by atoms with Crippen LogP contribution in [0.4, 0.5) is 5.69 Å². The summed E-state index contributed by atoms with van der Waals surface area (Å²) >= 11 is 3.32. The van der Waals surface area contributed by atoms with Crippen LogP contribution in [0.15, 0.2) is 28.9 Å². The van der Waals surface area contributed by atoms with E-state index in [2.05, 4.69) is 21.0 Å². The Morgan fingerprint density at radius 1 is 1.47 bits per heavy atom. The summed E-state index contributed by atoms with van der Waals surface area (Å²) in [6.45, 7) is 1.88. The van der Waals surface area contributed by atoms with Crippen molar-refractivity contribution in [2.75, 3.05) is 5.73 Å². The van der Waals surface area contributed by atoms with Gasteiger partial charge < -0.3 is 5.73 Å². The summed E-state index contributed by atoms with van der Waals surface area (Å²) in [6.07, 6.45) is 1.61. The predicted octanol–water partition coefficient (Wildman–Crippen LogP) is 2.30. The molecule has 0 aliphatic heterocycles. The van der Waals surface area contributed by atoms with Crippen molar-refractivity contribution in [1.29, 1.82) is 0 Å². The van der Waals surface area contributed by atoms with Crippen molar-refractivity contribution in [2.24, 2.45) is 7.05 Å². The summed E-state index contributed by atoms with van der Waals surface area (Å²) in [6, 6.07) is 5.26. The standard InChI is InChI=1S/C12H12BrN3O/c1-7-5-8(3-4-10(7)14)12(17)11-9(13)6-15-16(11)2/h3-6H,14H2,1-2H3. The molecule has 0 spiro atoms. The molecular weight excluding hydrogens is 282 g/mol. The van der Waals surface area contributed by atoms with Crippen molar-refractivity contribution in [1.82, 2.24) is 9.78 Å². The highest BCUT2D eigenvalue weighted by Gasteiger charge is 2.17. The van der Waals surface area contributed by atoms with E-state index in [4.69, 9.17) is 5.73 Å². The van der Waals surface area contributed by atoms with E-state index in [9.17, 15) is 4.79 Å². The number of nitrogens with two attached hydrogens (primary N) is 1. The number of nitrogens with zero attached hydrogens (tertiary/aromatic N) is 2. The smallest absolute Gasteiger partial charge is 0.212 e. The molecule has 0 amide bonds. The number of hydrogen-bond acceptors (Lipinski definition) is 3. The fraction of sp³-hybridized carbons (Fsp3) is 0.167. The number of nitrogen functional groups attached to an aromatic ring is 1. The summed E-state index contributed by atoms with van der Waals surface area (Å²) in [7, 11) is 1.74. The van der Waals surface area contributed by atoms with Crippen LogP contribution in [-0.2, 0) is 7.05 Å². The number of carbonyl (C=O) groups is 1. The zero-order valence-corrected chi connectivity index (χ0v) is 11.2. The van der Waals surface area contributed by atoms with Gasteiger partial charge >= 0.3 is 0 Å². The summed E-state index contributed by atoms with van der Waals surface area (Å²) in [5.74, 6) is -0.0695. The van der Waals surface area contributed by atoms with E-state index >= 15 is 0 Å². The van der Waals surface area contributed by atoms with Gasteiger partial charge in [-0.25, -0.2) is 0 Å². The molecule has 1 aromatic heterocycles. The van der Waals surface area contributed by atoms with Crippen LogP contribution in [0.2, 0.25) is 0 Å². The average molecular weight is 294 g/mol. The molecule has 0 aliphatic carbocycles. The first kappa shape index (κ1) is 11.9. The zero-order valence-electron chi connectivity index (χ0n) is 9.57. The maximum atomic E-state index is 12.3. The molecule has 0 aliphatic rings. The van der Waals surface area contributed by atoms with Crippen LogP contribution in [0.3, 0.4) is 0 Å². The monoisotopic (exact) mass is 293 g/mol. The van der Waals surface area contributed by atoms with Crippen LogP contribution >= 0.6 is 15.9 Å². The van der Waals surface area contributed by atoms with Gasteiger partial charge in [0, 0.05) is 18.3 Å². The molecule has 5 heteroatoms. The second-order valence-corrected chi connectivity index (χ2v) is 4.72. The molecule has 2 rings (SSSR count). The maximum Gasteiger partial charge on any atom is 0.212 e. The Bertz CT molecular complexity index is 570. The molecule has 17 heavy (non-hydrogen) atoms. The van der Waals surface area contributed by atoms with Crippen molar-refractivity contribution in [3.8, 4) is 0 Å². The van der Waals surface area contributed by atoms with E-state index in [1.807, 2.05) is 6.92 Å². The van der Waals surface area contributed by atoms with Crippen LogP contribution in [0, 0.1) is 6.92 Å². The lowest BCUT2D eigenvalue weighted by Crippen LogP contribution is -2.09. The number of benzene rings is 1. The lowest BCUT2D eigenvalue weighted by atomic mass is 10.0. The number of carbonyl (C=O) groups excluding carboxylic acids is 1. The van der Waals surface area contributed by atoms with E-state index in [0.717, 1.165) is 5.56 Å². The number of ketones is 1. The van der Waals surface area contributed by atoms with Gasteiger partial charge in [0.2, 0.25) is 5.78 Å². The van der Waals surface area contributed by atoms with Crippen LogP contribution in [0.1, 0.15) is 21.6 Å². The van der Waals surface area contributed by atoms with Gasteiger partial charge in [-0.3, -0.25) is 9.48 Å². The molecule has 0 saturated heterocycles. The third-order valence-corrected chi connectivity index (χ3v) is 3.22. The normalized spacial score (nSPS) is 10.5. The molecule has 2 N–H and O–H groups in total. The third-order valence-electron chi connectivity index (χ3n) is 2.64. The lowest BCUT2D eigenvalue weighted by Gasteiger charge is -2.05. The Labute approximate surface area is 108 Å². The van der Waals surface area contributed by atoms with Crippen molar-refractivity contribution in [2.45, 2.75) is 6.92 Å². The minimum absolute atomic E-state index is 0.0695. The van der Waals surface area contributed by atoms with Crippen LogP contribution in [0.5, 0.6) is 0 Å². The Morgan fingerprint density at radius 3 is 2.71 bits per heavy atom. The molecule has 1 heterocycles. The maximum absolute atomic E-state index is 12.3. The number of rotatable bonds is 2. The molecule has 1 aromatic carbocycles. The van der Waals surface area contributed by atoms with E-state index < -0.39 is 0 Å². The van der Waals surface area contributed by atoms with Crippen molar-refractivity contribution in [3.05, 3.63) is 45.7 Å². The predicted molar refractivity (Wildman–Crippen MR) is 69.9 cm³/mol. The number of hydrogen-bond donors (Lipinski definition) is 1. The van der Waals surface area contributed by atoms with Crippen LogP contribution in [0.25, 0.3) is 0 Å². The fourth-order valence-corrected chi connectivity index (χ4v) is 2.15. The molecule has 0 radical (unpaired) electrons. The summed E-state index contributed by atoms with van der Waals surface area (Å²) in [5, 5.41) is 4.03. The van der Waals surface area contributed by atoms with E-state index in [1.54, 1.807) is 36.1 Å². The second kappa shape index (κ2) is 4.33. The van der Waals surface area contributed by atoms with Gasteiger partial charge in [0.25, 0.3) is 0 Å². The topological polar surface area (TPSA) is 60.9 Å². The van der Waals surface area contributed by atoms with Gasteiger partial charge in [0.1, 0.15) is 5.69 Å². The van der Waals surface area contributed by atoms with Crippen molar-refractivity contribution < 1.29 is 4.79 Å². The van der Waals surface area contributed by atoms with Crippen molar-refractivity contribution in [3.63, 3.8) is 0 Å². The van der Waals surface area contributed by atoms with Crippen molar-refractivity contribution >= 4 is 27.4 Å². The first-order valence-corrected chi connectivity index (χ1v) is 5.88. The average Bonchev–Trinajstić information content (AvgIpc) is 2.62. The second-order valence-electron chi connectivity index (χ2n) is 3.87. The minimum atomic E-state index is -0.0695. The van der Waals surface area contributed by atoms with Gasteiger partial charge in [-0.1, -0.05) is 0 Å². The highest BCUT2D eigenvalue weighted by atomic mass is 79.9. The highest BCUT2D eigenvalue weighted by Crippen LogP contribution is 2.21. The van der Waals surface area contributed by atoms with Gasteiger partial charge in [0.05, 0.1) is 10.7 Å².